The zero-order valence-corrected chi connectivity index (χ0v) is 11.4. The molecule has 0 saturated carbocycles. The third kappa shape index (κ3) is 2.45. The first-order valence-electron chi connectivity index (χ1n) is 6.63. The fourth-order valence-electron chi connectivity index (χ4n) is 2.24. The first kappa shape index (κ1) is 12.5. The Labute approximate surface area is 117 Å². The molecule has 0 fully saturated rings. The number of hydrogen-bond donors (Lipinski definition) is 1. The van der Waals surface area contributed by atoms with Crippen molar-refractivity contribution < 1.29 is 4.74 Å². The van der Waals surface area contributed by atoms with Crippen LogP contribution in [-0.4, -0.2) is 16.2 Å². The van der Waals surface area contributed by atoms with Gasteiger partial charge in [0, 0.05) is 19.2 Å². The lowest BCUT2D eigenvalue weighted by molar-refractivity contribution is 0.318. The van der Waals surface area contributed by atoms with Crippen molar-refractivity contribution in [2.24, 2.45) is 7.05 Å². The number of aryl methyl sites for hydroxylation is 1. The number of aromatic nitrogens is 2. The van der Waals surface area contributed by atoms with Crippen molar-refractivity contribution in [3.8, 4) is 5.75 Å². The summed E-state index contributed by atoms with van der Waals surface area (Å²) in [5, 5.41) is 0. The topological polar surface area (TPSA) is 53.1 Å². The maximum absolute atomic E-state index is 5.71. The van der Waals surface area contributed by atoms with E-state index in [4.69, 9.17) is 10.5 Å². The zero-order valence-electron chi connectivity index (χ0n) is 11.4. The van der Waals surface area contributed by atoms with Gasteiger partial charge in [0.05, 0.1) is 17.6 Å². The smallest absolute Gasteiger partial charge is 0.119 e. The van der Waals surface area contributed by atoms with Crippen LogP contribution in [0.4, 0.5) is 5.69 Å². The second-order valence-electron chi connectivity index (χ2n) is 4.74. The normalized spacial score (nSPS) is 10.8. The van der Waals surface area contributed by atoms with Crippen LogP contribution < -0.4 is 10.5 Å². The minimum absolute atomic E-state index is 0.598. The van der Waals surface area contributed by atoms with E-state index in [1.165, 1.54) is 0 Å². The molecule has 1 heterocycles. The van der Waals surface area contributed by atoms with Crippen molar-refractivity contribution in [2.75, 3.05) is 12.3 Å². The number of fused-ring (bicyclic) bond motifs is 1. The number of para-hydroxylation sites is 2. The SMILES string of the molecule is Cn1c(CCOc2ccc(N)cc2)nc2ccccc21. The minimum atomic E-state index is 0.598. The van der Waals surface area contributed by atoms with Crippen molar-refractivity contribution in [3.05, 3.63) is 54.4 Å². The first-order valence-corrected chi connectivity index (χ1v) is 6.63. The Kier molecular flexibility index (Phi) is 3.29. The average Bonchev–Trinajstić information content (AvgIpc) is 2.78. The average molecular weight is 267 g/mol. The molecule has 102 valence electrons. The molecule has 0 bridgehead atoms. The second-order valence-corrected chi connectivity index (χ2v) is 4.74. The number of hydrogen-bond acceptors (Lipinski definition) is 3. The molecule has 1 aromatic heterocycles. The molecule has 0 radical (unpaired) electrons. The number of imidazole rings is 1. The summed E-state index contributed by atoms with van der Waals surface area (Å²) in [5.41, 5.74) is 8.56. The summed E-state index contributed by atoms with van der Waals surface area (Å²) in [6.07, 6.45) is 0.773. The quantitative estimate of drug-likeness (QED) is 0.739. The molecular weight excluding hydrogens is 250 g/mol. The monoisotopic (exact) mass is 267 g/mol. The molecule has 20 heavy (non-hydrogen) atoms. The van der Waals surface area contributed by atoms with Gasteiger partial charge in [-0.1, -0.05) is 12.1 Å². The summed E-state index contributed by atoms with van der Waals surface area (Å²) in [7, 11) is 2.04. The molecule has 0 amide bonds. The Morgan fingerprint density at radius 1 is 1.10 bits per heavy atom. The van der Waals surface area contributed by atoms with E-state index >= 15 is 0 Å². The van der Waals surface area contributed by atoms with Crippen LogP contribution in [0.3, 0.4) is 0 Å². The maximum atomic E-state index is 5.71. The summed E-state index contributed by atoms with van der Waals surface area (Å²) in [4.78, 5) is 4.62. The van der Waals surface area contributed by atoms with Gasteiger partial charge in [-0.3, -0.25) is 0 Å². The fourth-order valence-corrected chi connectivity index (χ4v) is 2.24. The Balaban J connectivity index is 1.68. The Morgan fingerprint density at radius 2 is 1.85 bits per heavy atom. The molecule has 0 spiro atoms. The van der Waals surface area contributed by atoms with E-state index in [9.17, 15) is 0 Å². The van der Waals surface area contributed by atoms with Crippen LogP contribution in [0.15, 0.2) is 48.5 Å². The zero-order chi connectivity index (χ0) is 13.9. The van der Waals surface area contributed by atoms with Crippen LogP contribution in [-0.2, 0) is 13.5 Å². The third-order valence-electron chi connectivity index (χ3n) is 3.35. The summed E-state index contributed by atoms with van der Waals surface area (Å²) in [6, 6.07) is 15.6. The lowest BCUT2D eigenvalue weighted by Gasteiger charge is -2.06. The van der Waals surface area contributed by atoms with Crippen LogP contribution in [0.1, 0.15) is 5.82 Å². The molecule has 3 rings (SSSR count). The van der Waals surface area contributed by atoms with Gasteiger partial charge in [-0.2, -0.15) is 0 Å². The number of nitrogen functional groups attached to an aromatic ring is 1. The van der Waals surface area contributed by atoms with Gasteiger partial charge in [0.1, 0.15) is 11.6 Å². The van der Waals surface area contributed by atoms with E-state index in [0.717, 1.165) is 34.7 Å². The van der Waals surface area contributed by atoms with Crippen molar-refractivity contribution in [3.63, 3.8) is 0 Å². The Bertz CT molecular complexity index is 716. The highest BCUT2D eigenvalue weighted by Crippen LogP contribution is 2.16. The largest absolute Gasteiger partial charge is 0.493 e. The van der Waals surface area contributed by atoms with E-state index in [1.807, 2.05) is 49.5 Å². The Hall–Kier alpha value is -2.49. The second kappa shape index (κ2) is 5.25. The molecule has 2 aromatic carbocycles. The fraction of sp³-hybridized carbons (Fsp3) is 0.188. The van der Waals surface area contributed by atoms with E-state index in [2.05, 4.69) is 15.6 Å². The number of benzene rings is 2. The van der Waals surface area contributed by atoms with Crippen molar-refractivity contribution >= 4 is 16.7 Å². The molecule has 0 unspecified atom stereocenters. The van der Waals surface area contributed by atoms with Crippen molar-refractivity contribution in [2.45, 2.75) is 6.42 Å². The summed E-state index contributed by atoms with van der Waals surface area (Å²) in [6.45, 7) is 0.598. The molecule has 0 saturated heterocycles. The number of nitrogens with zero attached hydrogens (tertiary/aromatic N) is 2. The summed E-state index contributed by atoms with van der Waals surface area (Å²) >= 11 is 0. The van der Waals surface area contributed by atoms with E-state index in [-0.39, 0.29) is 0 Å². The molecule has 0 atom stereocenters. The van der Waals surface area contributed by atoms with E-state index in [0.29, 0.717) is 6.61 Å². The van der Waals surface area contributed by atoms with Crippen molar-refractivity contribution in [1.29, 1.82) is 0 Å². The standard InChI is InChI=1S/C16H17N3O/c1-19-15-5-3-2-4-14(15)18-16(19)10-11-20-13-8-6-12(17)7-9-13/h2-9H,10-11,17H2,1H3. The summed E-state index contributed by atoms with van der Waals surface area (Å²) < 4.78 is 7.82. The van der Waals surface area contributed by atoms with Gasteiger partial charge in [-0.15, -0.1) is 0 Å². The van der Waals surface area contributed by atoms with Crippen LogP contribution in [0.5, 0.6) is 5.75 Å². The van der Waals surface area contributed by atoms with Gasteiger partial charge in [0.2, 0.25) is 0 Å². The molecule has 3 aromatic rings. The summed E-state index contributed by atoms with van der Waals surface area (Å²) in [5.74, 6) is 1.86. The predicted octanol–water partition coefficient (Wildman–Crippen LogP) is 2.78. The Morgan fingerprint density at radius 3 is 2.60 bits per heavy atom. The first-order chi connectivity index (χ1) is 9.74. The predicted molar refractivity (Wildman–Crippen MR) is 80.8 cm³/mol. The minimum Gasteiger partial charge on any atom is -0.493 e. The van der Waals surface area contributed by atoms with E-state index < -0.39 is 0 Å². The van der Waals surface area contributed by atoms with Crippen LogP contribution in [0, 0.1) is 0 Å². The molecule has 4 nitrogen and oxygen atoms in total. The maximum Gasteiger partial charge on any atom is 0.119 e. The lowest BCUT2D eigenvalue weighted by Crippen LogP contribution is -2.06. The highest BCUT2D eigenvalue weighted by molar-refractivity contribution is 5.75. The number of anilines is 1. The molecule has 0 aliphatic rings. The van der Waals surface area contributed by atoms with Gasteiger partial charge < -0.3 is 15.0 Å². The van der Waals surface area contributed by atoms with Crippen LogP contribution >= 0.6 is 0 Å². The number of ether oxygens (including phenoxy) is 1. The van der Waals surface area contributed by atoms with Gasteiger partial charge in [-0.25, -0.2) is 4.98 Å². The van der Waals surface area contributed by atoms with Gasteiger partial charge in [-0.05, 0) is 36.4 Å². The van der Waals surface area contributed by atoms with Crippen LogP contribution in [0.25, 0.3) is 11.0 Å². The third-order valence-corrected chi connectivity index (χ3v) is 3.35. The number of nitrogens with two attached hydrogens (primary N) is 1. The van der Waals surface area contributed by atoms with Gasteiger partial charge >= 0.3 is 0 Å². The molecule has 4 heteroatoms. The van der Waals surface area contributed by atoms with Crippen molar-refractivity contribution in [1.82, 2.24) is 9.55 Å². The van der Waals surface area contributed by atoms with Gasteiger partial charge in [0.25, 0.3) is 0 Å². The van der Waals surface area contributed by atoms with E-state index in [1.54, 1.807) is 0 Å². The lowest BCUT2D eigenvalue weighted by atomic mass is 10.3. The molecule has 0 aliphatic carbocycles. The van der Waals surface area contributed by atoms with Gasteiger partial charge in [0.15, 0.2) is 0 Å². The molecule has 0 aliphatic heterocycles. The molecular formula is C16H17N3O. The highest BCUT2D eigenvalue weighted by Gasteiger charge is 2.06. The molecule has 2 N–H and O–H groups in total. The number of rotatable bonds is 4. The van der Waals surface area contributed by atoms with Crippen LogP contribution in [0.2, 0.25) is 0 Å². The highest BCUT2D eigenvalue weighted by atomic mass is 16.5.